The standard InChI is InChI=1S/C29H26F3N5O3.2C14H17F3N2O.C14H11N3O.C3H6O3.2CO2/c1-3-37-14(2)18(19-8-17(30)9-21(31)24(19)32)10-22(27(37)39)35-26(38)16-7-15-11-29(12-23(15)34-13-16)20-5-4-6-33-25(20)36-28(29)40;2*1-3-19-7(2)9(6-12(18)14(19)20)10-4-8(15)5-11(16)13(10)17;18-13-14(10-4-2-6-16-12(10)17-13)7-9-3-1-5-15-11(9)8-14;4-2-1-3(5)6;2*2-1-3/h4-9,13-14,18,22H,3,10-12H2,1-2H3,(H,35,38)(H,33,36,40);2*4-5,7,9,12H,3,6,18H2,1-2H3;1-6H,7-8H2,(H,16,17,18);4H,1-2H2,(H,5,6);;/t14-,18-,22+,29+;2*7-,9-,12+;14-;;;/m1110.../s1. The summed E-state index contributed by atoms with van der Waals surface area (Å²) < 4.78 is 124. The summed E-state index contributed by atoms with van der Waals surface area (Å²) >= 11 is 0. The van der Waals surface area contributed by atoms with E-state index in [2.05, 4.69) is 42.0 Å². The maximum Gasteiger partial charge on any atom is 0.373 e. The van der Waals surface area contributed by atoms with Gasteiger partial charge in [-0.05, 0) is 144 Å². The van der Waals surface area contributed by atoms with E-state index < -0.39 is 117 Å². The lowest BCUT2D eigenvalue weighted by molar-refractivity contribution is -0.193. The summed E-state index contributed by atoms with van der Waals surface area (Å²) in [6.07, 6.45) is 9.28. The molecule has 6 amide bonds. The predicted molar refractivity (Wildman–Crippen MR) is 371 cm³/mol. The molecule has 25 nitrogen and oxygen atoms in total. The number of nitrogens with two attached hydrogens (primary N) is 2. The van der Waals surface area contributed by atoms with Gasteiger partial charge in [-0.1, -0.05) is 18.2 Å². The highest BCUT2D eigenvalue weighted by Crippen LogP contribution is 2.48. The van der Waals surface area contributed by atoms with Gasteiger partial charge in [0, 0.05) is 134 Å². The number of hydrogen-bond donors (Lipinski definition) is 7. The van der Waals surface area contributed by atoms with Crippen molar-refractivity contribution in [3.8, 4) is 0 Å². The van der Waals surface area contributed by atoms with Crippen LogP contribution in [0.25, 0.3) is 0 Å². The number of aliphatic carboxylic acids is 1. The van der Waals surface area contributed by atoms with Crippen LogP contribution in [0.3, 0.4) is 0 Å². The number of fused-ring (bicyclic) bond motifs is 6. The number of anilines is 2. The lowest BCUT2D eigenvalue weighted by Crippen LogP contribution is -2.58. The van der Waals surface area contributed by atoms with Gasteiger partial charge in [0.15, 0.2) is 34.9 Å². The summed E-state index contributed by atoms with van der Waals surface area (Å²) in [5.41, 5.74) is 15.5. The normalized spacial score (nSPS) is 23.5. The number of likely N-dealkylation sites (N-methyl/N-ethyl adjacent to an activating group) is 3. The number of piperidine rings is 3. The molecule has 2 spiro atoms. The highest BCUT2D eigenvalue weighted by atomic mass is 19.2. The van der Waals surface area contributed by atoms with Gasteiger partial charge in [-0.25, -0.2) is 49.5 Å². The average molecular weight is 1540 g/mol. The molecule has 0 radical (unpaired) electrons. The van der Waals surface area contributed by atoms with E-state index in [0.29, 0.717) is 67.9 Å². The molecule has 110 heavy (non-hydrogen) atoms. The Morgan fingerprint density at radius 2 is 0.909 bits per heavy atom. The zero-order chi connectivity index (χ0) is 81.0. The van der Waals surface area contributed by atoms with Gasteiger partial charge < -0.3 is 52.3 Å². The molecular weight excluding hydrogens is 1460 g/mol. The van der Waals surface area contributed by atoms with Crippen LogP contribution in [-0.2, 0) is 84.5 Å². The molecule has 0 saturated carbocycles. The van der Waals surface area contributed by atoms with Gasteiger partial charge in [0.2, 0.25) is 29.5 Å². The Morgan fingerprint density at radius 3 is 1.29 bits per heavy atom. The number of nitrogens with one attached hydrogen (secondary N) is 3. The Bertz CT molecular complexity index is 4590. The molecule has 9 heterocycles. The van der Waals surface area contributed by atoms with Gasteiger partial charge in [-0.15, -0.1) is 0 Å². The molecule has 7 aliphatic rings. The molecule has 3 aromatic carbocycles. The van der Waals surface area contributed by atoms with E-state index in [1.54, 1.807) is 72.3 Å². The van der Waals surface area contributed by atoms with Crippen molar-refractivity contribution in [2.24, 2.45) is 11.5 Å². The Kier molecular flexibility index (Phi) is 27.7. The van der Waals surface area contributed by atoms with E-state index in [9.17, 15) is 73.1 Å². The van der Waals surface area contributed by atoms with Crippen LogP contribution in [0.2, 0.25) is 0 Å². The number of halogens is 9. The van der Waals surface area contributed by atoms with Crippen molar-refractivity contribution in [1.29, 1.82) is 0 Å². The minimum absolute atomic E-state index is 0.0342. The first-order valence-electron chi connectivity index (χ1n) is 34.7. The second-order valence-corrected chi connectivity index (χ2v) is 26.8. The summed E-state index contributed by atoms with van der Waals surface area (Å²) in [6.45, 7) is 11.3. The van der Waals surface area contributed by atoms with Crippen LogP contribution in [0.15, 0.2) is 104 Å². The van der Waals surface area contributed by atoms with Gasteiger partial charge in [0.25, 0.3) is 5.91 Å². The van der Waals surface area contributed by atoms with Gasteiger partial charge in [0.1, 0.15) is 35.1 Å². The number of pyridine rings is 4. The highest BCUT2D eigenvalue weighted by molar-refractivity contribution is 6.07. The van der Waals surface area contributed by atoms with E-state index in [1.807, 2.05) is 24.3 Å². The number of amides is 6. The fourth-order valence-corrected chi connectivity index (χ4v) is 15.4. The molecule has 11 atom stereocenters. The van der Waals surface area contributed by atoms with Gasteiger partial charge in [0.05, 0.1) is 41.5 Å². The second kappa shape index (κ2) is 36.2. The SMILES string of the molecule is CCN1C(=O)[C@@H](N)C[C@@H](c2cc(F)cc(F)c2F)[C@H]1C.CCN1C(=O)[C@@H](N)C[C@@H](c2cc(F)cc(F)c2F)[C@H]1C.CCN1C(=O)[C@@H](NC(=O)c2cnc3c(c2)C[C@@]2(C3)C(=O)Nc3ncccc32)C[C@@H](c2cc(F)cc(F)c2F)[C@H]1C.O=C(O)CCO.O=C1Nc2ncccc2[C@@]12Cc1cccnc1C2.O=C=O.O=C=O. The summed E-state index contributed by atoms with van der Waals surface area (Å²) in [7, 11) is 0. The molecule has 3 saturated heterocycles. The smallest absolute Gasteiger partial charge is 0.373 e. The number of aliphatic hydroxyl groups excluding tert-OH is 1. The summed E-state index contributed by atoms with van der Waals surface area (Å²) in [5, 5.41) is 24.1. The molecule has 2 aliphatic carbocycles. The third-order valence-electron chi connectivity index (χ3n) is 20.6. The minimum atomic E-state index is -1.31. The number of aliphatic hydroxyl groups is 1. The quantitative estimate of drug-likeness (QED) is 0.0515. The van der Waals surface area contributed by atoms with Crippen LogP contribution in [0, 0.1) is 52.4 Å². The first kappa shape index (κ1) is 84.2. The lowest BCUT2D eigenvalue weighted by atomic mass is 9.80. The molecule has 582 valence electrons. The van der Waals surface area contributed by atoms with Crippen molar-refractivity contribution in [2.45, 2.75) is 158 Å². The molecule has 0 bridgehead atoms. The number of rotatable bonds is 10. The summed E-state index contributed by atoms with van der Waals surface area (Å²) in [5.74, 6) is -12.6. The molecule has 34 heteroatoms. The fraction of sp³-hybridized carbons (Fsp3) is 0.382. The lowest BCUT2D eigenvalue weighted by Gasteiger charge is -2.42. The molecule has 3 fully saturated rings. The topological polar surface area (TPSA) is 378 Å². The number of carboxylic acids is 1. The van der Waals surface area contributed by atoms with Crippen molar-refractivity contribution in [3.05, 3.63) is 212 Å². The number of carbonyl (C=O) groups is 7. The number of hydrogen-bond acceptors (Lipinski definition) is 18. The molecule has 0 unspecified atom stereocenters. The van der Waals surface area contributed by atoms with Crippen molar-refractivity contribution in [1.82, 2.24) is 40.0 Å². The van der Waals surface area contributed by atoms with E-state index in [1.165, 1.54) is 26.5 Å². The average Bonchev–Trinajstić information content (AvgIpc) is 1.57. The summed E-state index contributed by atoms with van der Waals surface area (Å²) in [4.78, 5) is 140. The molecule has 9 N–H and O–H groups in total. The maximum absolute atomic E-state index is 14.7. The number of benzene rings is 3. The third kappa shape index (κ3) is 17.6. The fourth-order valence-electron chi connectivity index (χ4n) is 15.4. The van der Waals surface area contributed by atoms with Gasteiger partial charge >= 0.3 is 18.3 Å². The van der Waals surface area contributed by atoms with Crippen molar-refractivity contribution >= 4 is 65.4 Å². The van der Waals surface area contributed by atoms with E-state index in [4.69, 9.17) is 40.9 Å². The van der Waals surface area contributed by atoms with Crippen molar-refractivity contribution in [3.63, 3.8) is 0 Å². The first-order chi connectivity index (χ1) is 52.2. The maximum atomic E-state index is 14.7. The Morgan fingerprint density at radius 1 is 0.536 bits per heavy atom. The summed E-state index contributed by atoms with van der Waals surface area (Å²) in [6, 6.07) is 13.7. The van der Waals surface area contributed by atoms with Crippen LogP contribution >= 0.6 is 0 Å². The number of nitrogens with zero attached hydrogens (tertiary/aromatic N) is 7. The van der Waals surface area contributed by atoms with Crippen LogP contribution < -0.4 is 27.4 Å². The third-order valence-corrected chi connectivity index (χ3v) is 20.6. The number of carboxylic acid groups (broad SMARTS) is 1. The zero-order valence-corrected chi connectivity index (χ0v) is 60.1. The van der Waals surface area contributed by atoms with Crippen LogP contribution in [0.5, 0.6) is 0 Å². The number of likely N-dealkylation sites (tertiary alicyclic amines) is 3. The Hall–Kier alpha value is -11.4. The minimum Gasteiger partial charge on any atom is -0.481 e. The van der Waals surface area contributed by atoms with E-state index in [-0.39, 0.29) is 115 Å². The van der Waals surface area contributed by atoms with E-state index >= 15 is 0 Å². The van der Waals surface area contributed by atoms with Crippen molar-refractivity contribution in [2.75, 3.05) is 36.9 Å². The Balaban J connectivity index is 0.000000185. The first-order valence-corrected chi connectivity index (χ1v) is 34.7. The highest BCUT2D eigenvalue weighted by Gasteiger charge is 2.54. The molecular formula is C76H77F9N12O13. The number of carbonyl (C=O) groups excluding carboxylic acids is 10. The Labute approximate surface area is 623 Å². The zero-order valence-electron chi connectivity index (χ0n) is 60.1. The van der Waals surface area contributed by atoms with Crippen LogP contribution in [0.1, 0.15) is 146 Å². The van der Waals surface area contributed by atoms with Gasteiger partial charge in [-0.3, -0.25) is 43.5 Å². The molecule has 5 aliphatic heterocycles. The van der Waals surface area contributed by atoms with E-state index in [0.717, 1.165) is 47.0 Å². The molecule has 7 aromatic rings. The van der Waals surface area contributed by atoms with Crippen molar-refractivity contribution < 1.29 is 102 Å². The van der Waals surface area contributed by atoms with Crippen LogP contribution in [0.4, 0.5) is 51.1 Å². The monoisotopic (exact) mass is 1540 g/mol. The van der Waals surface area contributed by atoms with Gasteiger partial charge in [-0.2, -0.15) is 19.2 Å². The molecule has 14 rings (SSSR count). The molecule has 4 aromatic heterocycles. The predicted octanol–water partition coefficient (Wildman–Crippen LogP) is 7.47. The number of aromatic nitrogens is 4. The second-order valence-electron chi connectivity index (χ2n) is 26.8. The largest absolute Gasteiger partial charge is 0.481 e. The van der Waals surface area contributed by atoms with Crippen LogP contribution in [-0.4, -0.2) is 161 Å².